The Morgan fingerprint density at radius 3 is 2.17 bits per heavy atom. The number of hydrogen-bond acceptors (Lipinski definition) is 8. The summed E-state index contributed by atoms with van der Waals surface area (Å²) >= 11 is 0. The molecule has 1 aliphatic rings. The van der Waals surface area contributed by atoms with Crippen LogP contribution < -0.4 is 5.32 Å². The smallest absolute Gasteiger partial charge is 0.359 e. The minimum absolute atomic E-state index is 0.00157. The van der Waals surface area contributed by atoms with Crippen LogP contribution in [0, 0.1) is 11.7 Å². The van der Waals surface area contributed by atoms with Gasteiger partial charge in [-0.2, -0.15) is 0 Å². The van der Waals surface area contributed by atoms with Crippen LogP contribution in [0.2, 0.25) is 0 Å². The monoisotopic (exact) mass is 561 g/mol. The van der Waals surface area contributed by atoms with Gasteiger partial charge in [0.05, 0.1) is 30.0 Å². The molecule has 41 heavy (non-hydrogen) atoms. The first-order chi connectivity index (χ1) is 19.7. The van der Waals surface area contributed by atoms with E-state index in [4.69, 9.17) is 9.47 Å². The molecule has 3 aromatic rings. The molecule has 1 aliphatic heterocycles. The third-order valence-electron chi connectivity index (χ3n) is 6.40. The molecule has 4 rings (SSSR count). The van der Waals surface area contributed by atoms with E-state index in [-0.39, 0.29) is 54.5 Å². The van der Waals surface area contributed by atoms with E-state index in [2.05, 4.69) is 10.3 Å². The van der Waals surface area contributed by atoms with Gasteiger partial charge in [0.2, 0.25) is 5.91 Å². The molecular weight excluding hydrogens is 533 g/mol. The van der Waals surface area contributed by atoms with Gasteiger partial charge < -0.3 is 14.8 Å². The zero-order chi connectivity index (χ0) is 29.5. The number of imide groups is 1. The fourth-order valence-corrected chi connectivity index (χ4v) is 4.42. The quantitative estimate of drug-likeness (QED) is 0.213. The van der Waals surface area contributed by atoms with E-state index in [1.54, 1.807) is 38.1 Å². The number of carbonyl (C=O) groups excluding carboxylic acids is 5. The molecule has 0 spiro atoms. The van der Waals surface area contributed by atoms with E-state index in [1.165, 1.54) is 36.5 Å². The van der Waals surface area contributed by atoms with E-state index in [9.17, 15) is 28.4 Å². The summed E-state index contributed by atoms with van der Waals surface area (Å²) in [5.41, 5.74) is 1.68. The molecule has 0 saturated carbocycles. The lowest BCUT2D eigenvalue weighted by Gasteiger charge is -2.20. The van der Waals surface area contributed by atoms with E-state index < -0.39 is 35.6 Å². The molecule has 0 saturated heterocycles. The van der Waals surface area contributed by atoms with Crippen molar-refractivity contribution < 1.29 is 37.8 Å². The average molecular weight is 562 g/mol. The van der Waals surface area contributed by atoms with Crippen LogP contribution in [0.4, 0.5) is 10.1 Å². The Balaban J connectivity index is 1.57. The van der Waals surface area contributed by atoms with Crippen molar-refractivity contribution in [2.45, 2.75) is 26.7 Å². The topological polar surface area (TPSA) is 132 Å². The summed E-state index contributed by atoms with van der Waals surface area (Å²) in [5.74, 6) is -5.28. The molecule has 0 radical (unpaired) electrons. The van der Waals surface area contributed by atoms with Crippen LogP contribution in [0.5, 0.6) is 0 Å². The number of halogens is 1. The molecule has 3 amide bonds. The molecule has 0 aliphatic carbocycles. The van der Waals surface area contributed by atoms with Crippen molar-refractivity contribution in [3.63, 3.8) is 0 Å². The first kappa shape index (κ1) is 29.1. The standard InChI is InChI=1S/C30H28FN3O7/c1-3-40-29(38)23(13-14-34-27(36)21-7-5-6-8-22(21)28(34)37)26(35)33-24-16-19(15-18-9-11-20(31)12-10-18)17-32-25(24)30(39)41-4-2/h5-12,16-17,23H,3-4,13-15H2,1-2H3,(H,33,35). The zero-order valence-corrected chi connectivity index (χ0v) is 22.5. The maximum Gasteiger partial charge on any atom is 0.359 e. The number of fused-ring (bicyclic) bond motifs is 1. The van der Waals surface area contributed by atoms with Gasteiger partial charge in [0, 0.05) is 12.7 Å². The number of pyridine rings is 1. The highest BCUT2D eigenvalue weighted by Gasteiger charge is 2.37. The molecule has 1 N–H and O–H groups in total. The van der Waals surface area contributed by atoms with Crippen LogP contribution >= 0.6 is 0 Å². The van der Waals surface area contributed by atoms with Crippen LogP contribution in [0.15, 0.2) is 60.8 Å². The second-order valence-corrected chi connectivity index (χ2v) is 9.15. The van der Waals surface area contributed by atoms with E-state index >= 15 is 0 Å². The van der Waals surface area contributed by atoms with Crippen molar-refractivity contribution >= 4 is 35.3 Å². The maximum atomic E-state index is 13.4. The molecule has 1 aromatic heterocycles. The molecule has 212 valence electrons. The van der Waals surface area contributed by atoms with Gasteiger partial charge in [-0.15, -0.1) is 0 Å². The molecule has 11 heteroatoms. The number of carbonyl (C=O) groups is 5. The fraction of sp³-hybridized carbons (Fsp3) is 0.267. The van der Waals surface area contributed by atoms with E-state index in [1.807, 2.05) is 0 Å². The van der Waals surface area contributed by atoms with Crippen molar-refractivity contribution in [1.82, 2.24) is 9.88 Å². The summed E-state index contributed by atoms with van der Waals surface area (Å²) in [7, 11) is 0. The van der Waals surface area contributed by atoms with Gasteiger partial charge >= 0.3 is 11.9 Å². The third kappa shape index (κ3) is 6.63. The predicted octanol–water partition coefficient (Wildman–Crippen LogP) is 3.79. The number of rotatable bonds is 11. The van der Waals surface area contributed by atoms with Gasteiger partial charge in [-0.3, -0.25) is 24.1 Å². The summed E-state index contributed by atoms with van der Waals surface area (Å²) in [5, 5.41) is 2.59. The van der Waals surface area contributed by atoms with Gasteiger partial charge in [-0.1, -0.05) is 24.3 Å². The number of amides is 3. The SMILES string of the molecule is CCOC(=O)c1ncc(Cc2ccc(F)cc2)cc1NC(=O)C(CCN1C(=O)c2ccccc2C1=O)C(=O)OCC. The van der Waals surface area contributed by atoms with Gasteiger partial charge in [0.1, 0.15) is 11.7 Å². The Hall–Kier alpha value is -4.93. The first-order valence-corrected chi connectivity index (χ1v) is 13.1. The number of nitrogens with one attached hydrogen (secondary N) is 1. The Morgan fingerprint density at radius 1 is 0.927 bits per heavy atom. The number of esters is 2. The Kier molecular flexibility index (Phi) is 9.18. The molecule has 0 bridgehead atoms. The summed E-state index contributed by atoms with van der Waals surface area (Å²) in [4.78, 5) is 69.5. The Bertz CT molecular complexity index is 1450. The molecule has 1 atom stereocenters. The Labute approximate surface area is 235 Å². The van der Waals surface area contributed by atoms with Crippen molar-refractivity contribution in [2.24, 2.45) is 5.92 Å². The highest BCUT2D eigenvalue weighted by atomic mass is 19.1. The fourth-order valence-electron chi connectivity index (χ4n) is 4.42. The average Bonchev–Trinajstić information content (AvgIpc) is 3.19. The van der Waals surface area contributed by atoms with E-state index in [0.717, 1.165) is 10.5 Å². The van der Waals surface area contributed by atoms with Crippen LogP contribution in [-0.2, 0) is 25.5 Å². The lowest BCUT2D eigenvalue weighted by atomic mass is 10.0. The summed E-state index contributed by atoms with van der Waals surface area (Å²) in [6, 6.07) is 13.7. The molecular formula is C30H28FN3O7. The van der Waals surface area contributed by atoms with Gasteiger partial charge in [0.25, 0.3) is 11.8 Å². The van der Waals surface area contributed by atoms with Crippen molar-refractivity contribution in [3.05, 3.63) is 94.6 Å². The van der Waals surface area contributed by atoms with Crippen LogP contribution in [-0.4, -0.2) is 59.3 Å². The minimum atomic E-state index is -1.41. The largest absolute Gasteiger partial charge is 0.465 e. The molecule has 2 aromatic carbocycles. The molecule has 1 unspecified atom stereocenters. The normalized spacial score (nSPS) is 13.0. The molecule has 10 nitrogen and oxygen atoms in total. The highest BCUT2D eigenvalue weighted by molar-refractivity contribution is 6.21. The van der Waals surface area contributed by atoms with Crippen LogP contribution in [0.25, 0.3) is 0 Å². The summed E-state index contributed by atoms with van der Waals surface area (Å²) in [6.07, 6.45) is 1.55. The lowest BCUT2D eigenvalue weighted by Crippen LogP contribution is -2.37. The molecule has 2 heterocycles. The predicted molar refractivity (Wildman–Crippen MR) is 145 cm³/mol. The number of anilines is 1. The van der Waals surface area contributed by atoms with E-state index in [0.29, 0.717) is 12.0 Å². The minimum Gasteiger partial charge on any atom is -0.465 e. The number of aromatic nitrogens is 1. The number of benzene rings is 2. The molecule has 0 fully saturated rings. The van der Waals surface area contributed by atoms with Gasteiger partial charge in [-0.25, -0.2) is 14.2 Å². The van der Waals surface area contributed by atoms with Crippen molar-refractivity contribution in [3.8, 4) is 0 Å². The summed E-state index contributed by atoms with van der Waals surface area (Å²) < 4.78 is 23.5. The second kappa shape index (κ2) is 12.9. The third-order valence-corrected chi connectivity index (χ3v) is 6.40. The lowest BCUT2D eigenvalue weighted by molar-refractivity contribution is -0.151. The summed E-state index contributed by atoms with van der Waals surface area (Å²) in [6.45, 7) is 3.06. The maximum absolute atomic E-state index is 13.4. The first-order valence-electron chi connectivity index (χ1n) is 13.1. The zero-order valence-electron chi connectivity index (χ0n) is 22.5. The van der Waals surface area contributed by atoms with Crippen molar-refractivity contribution in [2.75, 3.05) is 25.1 Å². The number of nitrogens with zero attached hydrogens (tertiary/aromatic N) is 2. The van der Waals surface area contributed by atoms with Gasteiger partial charge in [-0.05, 0) is 68.1 Å². The van der Waals surface area contributed by atoms with Crippen LogP contribution in [0.3, 0.4) is 0 Å². The van der Waals surface area contributed by atoms with Crippen LogP contribution in [0.1, 0.15) is 62.6 Å². The number of hydrogen-bond donors (Lipinski definition) is 1. The Morgan fingerprint density at radius 2 is 1.56 bits per heavy atom. The highest BCUT2D eigenvalue weighted by Crippen LogP contribution is 2.25. The van der Waals surface area contributed by atoms with Gasteiger partial charge in [0.15, 0.2) is 5.69 Å². The number of ether oxygens (including phenoxy) is 2. The van der Waals surface area contributed by atoms with Crippen molar-refractivity contribution in [1.29, 1.82) is 0 Å². The second-order valence-electron chi connectivity index (χ2n) is 9.15.